The molecular weight excluding hydrogens is 280 g/mol. The van der Waals surface area contributed by atoms with Crippen molar-refractivity contribution in [2.75, 3.05) is 6.54 Å². The van der Waals surface area contributed by atoms with E-state index < -0.39 is 0 Å². The maximum absolute atomic E-state index is 4.11. The van der Waals surface area contributed by atoms with Gasteiger partial charge in [0.15, 0.2) is 0 Å². The van der Waals surface area contributed by atoms with Crippen LogP contribution in [0.2, 0.25) is 0 Å². The first-order chi connectivity index (χ1) is 11.3. The zero-order chi connectivity index (χ0) is 15.8. The molecule has 0 spiro atoms. The minimum atomic E-state index is 0.371. The van der Waals surface area contributed by atoms with Gasteiger partial charge in [-0.15, -0.1) is 6.58 Å². The van der Waals surface area contributed by atoms with Crippen LogP contribution in [0, 0.1) is 6.92 Å². The van der Waals surface area contributed by atoms with E-state index in [0.29, 0.717) is 5.92 Å². The third kappa shape index (κ3) is 2.49. The molecule has 2 heterocycles. The first kappa shape index (κ1) is 14.3. The largest absolute Gasteiger partial charge is 0.358 e. The fourth-order valence-corrected chi connectivity index (χ4v) is 3.90. The van der Waals surface area contributed by atoms with Gasteiger partial charge in [-0.25, -0.2) is 0 Å². The Kier molecular flexibility index (Phi) is 3.55. The Balaban J connectivity index is 1.77. The number of rotatable bonds is 3. The van der Waals surface area contributed by atoms with Gasteiger partial charge in [0.05, 0.1) is 0 Å². The second-order valence-corrected chi connectivity index (χ2v) is 6.50. The molecule has 1 N–H and O–H groups in total. The first-order valence-corrected chi connectivity index (χ1v) is 8.25. The van der Waals surface area contributed by atoms with E-state index in [1.54, 1.807) is 0 Å². The summed E-state index contributed by atoms with van der Waals surface area (Å²) in [4.78, 5) is 6.09. The van der Waals surface area contributed by atoms with Crippen LogP contribution < -0.4 is 0 Å². The van der Waals surface area contributed by atoms with Gasteiger partial charge in [-0.2, -0.15) is 0 Å². The molecule has 4 rings (SSSR count). The van der Waals surface area contributed by atoms with Crippen LogP contribution in [-0.4, -0.2) is 16.4 Å². The lowest BCUT2D eigenvalue weighted by Crippen LogP contribution is -2.26. The molecule has 0 bridgehead atoms. The van der Waals surface area contributed by atoms with E-state index in [4.69, 9.17) is 0 Å². The summed E-state index contributed by atoms with van der Waals surface area (Å²) in [6.45, 7) is 9.27. The Morgan fingerprint density at radius 3 is 2.78 bits per heavy atom. The lowest BCUT2D eigenvalue weighted by atomic mass is 9.95. The van der Waals surface area contributed by atoms with Gasteiger partial charge in [0, 0.05) is 42.1 Å². The molecular formula is C21H22N2. The molecule has 0 fully saturated rings. The number of aryl methyl sites for hydroxylation is 1. The second kappa shape index (κ2) is 5.71. The molecule has 0 saturated carbocycles. The molecule has 0 saturated heterocycles. The zero-order valence-corrected chi connectivity index (χ0v) is 13.5. The second-order valence-electron chi connectivity index (χ2n) is 6.50. The molecule has 3 aromatic rings. The van der Waals surface area contributed by atoms with Crippen LogP contribution in [0.1, 0.15) is 28.3 Å². The van der Waals surface area contributed by atoms with Crippen molar-refractivity contribution in [1.82, 2.24) is 9.88 Å². The van der Waals surface area contributed by atoms with Crippen molar-refractivity contribution < 1.29 is 0 Å². The first-order valence-electron chi connectivity index (χ1n) is 8.25. The molecule has 2 nitrogen and oxygen atoms in total. The van der Waals surface area contributed by atoms with Crippen molar-refractivity contribution in [3.05, 3.63) is 83.6 Å². The monoisotopic (exact) mass is 302 g/mol. The van der Waals surface area contributed by atoms with Gasteiger partial charge in [-0.3, -0.25) is 4.90 Å². The number of hydrogen-bond donors (Lipinski definition) is 1. The predicted octanol–water partition coefficient (Wildman–Crippen LogP) is 4.76. The van der Waals surface area contributed by atoms with Crippen LogP contribution in [0.3, 0.4) is 0 Å². The van der Waals surface area contributed by atoms with Crippen molar-refractivity contribution in [1.29, 1.82) is 0 Å². The van der Waals surface area contributed by atoms with Gasteiger partial charge in [0.2, 0.25) is 0 Å². The summed E-state index contributed by atoms with van der Waals surface area (Å²) in [6, 6.07) is 17.3. The highest BCUT2D eigenvalue weighted by atomic mass is 15.1. The highest BCUT2D eigenvalue weighted by Gasteiger charge is 2.25. The molecule has 116 valence electrons. The van der Waals surface area contributed by atoms with Crippen molar-refractivity contribution in [2.45, 2.75) is 25.9 Å². The summed E-state index contributed by atoms with van der Waals surface area (Å²) in [6.07, 6.45) is 2.11. The molecule has 0 radical (unpaired) electrons. The predicted molar refractivity (Wildman–Crippen MR) is 96.5 cm³/mol. The summed E-state index contributed by atoms with van der Waals surface area (Å²) < 4.78 is 0. The van der Waals surface area contributed by atoms with Crippen LogP contribution in [0.5, 0.6) is 0 Å². The highest BCUT2D eigenvalue weighted by molar-refractivity contribution is 5.89. The minimum Gasteiger partial charge on any atom is -0.358 e. The highest BCUT2D eigenvalue weighted by Crippen LogP contribution is 2.36. The van der Waals surface area contributed by atoms with Crippen molar-refractivity contribution in [2.24, 2.45) is 0 Å². The molecule has 0 amide bonds. The SMILES string of the molecule is C=CC1CN(Cc2ccccc2)Cc2cccc3[nH]c(C)c1c23. The number of benzene rings is 2. The van der Waals surface area contributed by atoms with Gasteiger partial charge in [0.1, 0.15) is 0 Å². The lowest BCUT2D eigenvalue weighted by molar-refractivity contribution is 0.255. The summed E-state index contributed by atoms with van der Waals surface area (Å²) >= 11 is 0. The Morgan fingerprint density at radius 2 is 2.00 bits per heavy atom. The Bertz CT molecular complexity index is 845. The molecule has 1 aromatic heterocycles. The van der Waals surface area contributed by atoms with Gasteiger partial charge in [-0.1, -0.05) is 48.5 Å². The van der Waals surface area contributed by atoms with E-state index in [-0.39, 0.29) is 0 Å². The molecule has 2 heteroatoms. The fourth-order valence-electron chi connectivity index (χ4n) is 3.90. The number of aromatic amines is 1. The molecule has 1 atom stereocenters. The summed E-state index contributed by atoms with van der Waals surface area (Å²) in [7, 11) is 0. The van der Waals surface area contributed by atoms with Crippen LogP contribution in [0.4, 0.5) is 0 Å². The maximum Gasteiger partial charge on any atom is 0.0462 e. The number of hydrogen-bond acceptors (Lipinski definition) is 1. The van der Waals surface area contributed by atoms with E-state index in [2.05, 4.69) is 78.0 Å². The van der Waals surface area contributed by atoms with E-state index in [1.165, 1.54) is 33.3 Å². The van der Waals surface area contributed by atoms with Crippen molar-refractivity contribution in [3.8, 4) is 0 Å². The standard InChI is InChI=1S/C21H22N2/c1-3-17-13-23(12-16-8-5-4-6-9-16)14-18-10-7-11-19-21(18)20(17)15(2)22-19/h3-11,17,22H,1,12-14H2,2H3. The number of nitrogens with zero attached hydrogens (tertiary/aromatic N) is 1. The molecule has 2 aromatic carbocycles. The van der Waals surface area contributed by atoms with Gasteiger partial charge < -0.3 is 4.98 Å². The zero-order valence-electron chi connectivity index (χ0n) is 13.5. The third-order valence-corrected chi connectivity index (χ3v) is 4.90. The smallest absolute Gasteiger partial charge is 0.0462 e. The van der Waals surface area contributed by atoms with Crippen molar-refractivity contribution >= 4 is 10.9 Å². The Hall–Kier alpha value is -2.32. The molecule has 23 heavy (non-hydrogen) atoms. The van der Waals surface area contributed by atoms with E-state index in [1.807, 2.05) is 0 Å². The van der Waals surface area contributed by atoms with E-state index in [9.17, 15) is 0 Å². The van der Waals surface area contributed by atoms with E-state index in [0.717, 1.165) is 19.6 Å². The van der Waals surface area contributed by atoms with Crippen LogP contribution >= 0.6 is 0 Å². The molecule has 1 unspecified atom stereocenters. The topological polar surface area (TPSA) is 19.0 Å². The third-order valence-electron chi connectivity index (χ3n) is 4.90. The average Bonchev–Trinajstić information content (AvgIpc) is 2.80. The van der Waals surface area contributed by atoms with E-state index >= 15 is 0 Å². The van der Waals surface area contributed by atoms with Gasteiger partial charge in [0.25, 0.3) is 0 Å². The van der Waals surface area contributed by atoms with Crippen LogP contribution in [-0.2, 0) is 13.1 Å². The summed E-state index contributed by atoms with van der Waals surface area (Å²) in [5.41, 5.74) is 6.75. The molecule has 1 aliphatic rings. The normalized spacial score (nSPS) is 18.0. The number of aromatic nitrogens is 1. The number of H-pyrrole nitrogens is 1. The Morgan fingerprint density at radius 1 is 1.17 bits per heavy atom. The quantitative estimate of drug-likeness (QED) is 0.691. The van der Waals surface area contributed by atoms with Crippen LogP contribution in [0.15, 0.2) is 61.2 Å². The average molecular weight is 302 g/mol. The number of nitrogens with one attached hydrogen (secondary N) is 1. The minimum absolute atomic E-state index is 0.371. The molecule has 0 aliphatic carbocycles. The Labute approximate surface area is 137 Å². The summed E-state index contributed by atoms with van der Waals surface area (Å²) in [5.74, 6) is 0.371. The van der Waals surface area contributed by atoms with Crippen molar-refractivity contribution in [3.63, 3.8) is 0 Å². The lowest BCUT2D eigenvalue weighted by Gasteiger charge is -2.24. The van der Waals surface area contributed by atoms with Gasteiger partial charge >= 0.3 is 0 Å². The fraction of sp³-hybridized carbons (Fsp3) is 0.238. The molecule has 1 aliphatic heterocycles. The maximum atomic E-state index is 4.11. The van der Waals surface area contributed by atoms with Crippen LogP contribution in [0.25, 0.3) is 10.9 Å². The van der Waals surface area contributed by atoms with Gasteiger partial charge in [-0.05, 0) is 29.7 Å². The summed E-state index contributed by atoms with van der Waals surface area (Å²) in [5, 5.41) is 1.41.